The van der Waals surface area contributed by atoms with Crippen LogP contribution in [0.4, 0.5) is 10.1 Å². The topological polar surface area (TPSA) is 60.9 Å². The van der Waals surface area contributed by atoms with Crippen molar-refractivity contribution in [2.45, 2.75) is 19.3 Å². The molecule has 3 aliphatic carbocycles. The summed E-state index contributed by atoms with van der Waals surface area (Å²) < 4.78 is 13.1. The van der Waals surface area contributed by atoms with E-state index in [2.05, 4.69) is 17.1 Å². The number of benzene rings is 1. The molecule has 30 heavy (non-hydrogen) atoms. The Morgan fingerprint density at radius 2 is 1.47 bits per heavy atom. The number of carbonyl (C=O) groups is 3. The molecule has 0 unspecified atom stereocenters. The normalized spacial score (nSPS) is 30.2. The van der Waals surface area contributed by atoms with E-state index in [0.29, 0.717) is 26.2 Å². The van der Waals surface area contributed by atoms with E-state index >= 15 is 0 Å². The fourth-order valence-electron chi connectivity index (χ4n) is 5.59. The van der Waals surface area contributed by atoms with Crippen molar-refractivity contribution >= 4 is 23.4 Å². The summed E-state index contributed by atoms with van der Waals surface area (Å²) in [6.07, 6.45) is 6.35. The van der Waals surface area contributed by atoms with E-state index in [0.717, 1.165) is 18.5 Å². The average Bonchev–Trinajstić information content (AvgIpc) is 3.05. The van der Waals surface area contributed by atoms with Gasteiger partial charge >= 0.3 is 0 Å². The summed E-state index contributed by atoms with van der Waals surface area (Å²) in [5.74, 6) is -0.525. The molecule has 7 heteroatoms. The summed E-state index contributed by atoms with van der Waals surface area (Å²) in [4.78, 5) is 43.7. The number of hydrogen-bond donors (Lipinski definition) is 0. The van der Waals surface area contributed by atoms with E-state index in [1.165, 1.54) is 17.0 Å². The molecule has 6 nitrogen and oxygen atoms in total. The summed E-state index contributed by atoms with van der Waals surface area (Å²) >= 11 is 0. The van der Waals surface area contributed by atoms with E-state index in [4.69, 9.17) is 0 Å². The Morgan fingerprint density at radius 3 is 2.00 bits per heavy atom. The zero-order valence-electron chi connectivity index (χ0n) is 16.9. The third kappa shape index (κ3) is 3.20. The highest BCUT2D eigenvalue weighted by atomic mass is 19.1. The Kier molecular flexibility index (Phi) is 4.83. The lowest BCUT2D eigenvalue weighted by molar-refractivity contribution is -0.141. The van der Waals surface area contributed by atoms with Crippen LogP contribution in [-0.4, -0.2) is 60.2 Å². The van der Waals surface area contributed by atoms with E-state index in [-0.39, 0.29) is 60.2 Å². The lowest BCUT2D eigenvalue weighted by Crippen LogP contribution is -2.49. The predicted octanol–water partition coefficient (Wildman–Crippen LogP) is 2.06. The van der Waals surface area contributed by atoms with Crippen LogP contribution in [0.2, 0.25) is 0 Å². The number of rotatable bonds is 4. The van der Waals surface area contributed by atoms with Gasteiger partial charge in [0.15, 0.2) is 0 Å². The Bertz CT molecular complexity index is 859. The van der Waals surface area contributed by atoms with Gasteiger partial charge in [-0.3, -0.25) is 19.3 Å². The summed E-state index contributed by atoms with van der Waals surface area (Å²) in [7, 11) is 0. The molecule has 6 rings (SSSR count). The Balaban J connectivity index is 1.15. The molecule has 3 fully saturated rings. The van der Waals surface area contributed by atoms with Crippen LogP contribution >= 0.6 is 0 Å². The maximum atomic E-state index is 13.1. The highest BCUT2D eigenvalue weighted by Crippen LogP contribution is 2.49. The van der Waals surface area contributed by atoms with Crippen molar-refractivity contribution < 1.29 is 18.8 Å². The average molecular weight is 411 g/mol. The first-order chi connectivity index (χ1) is 14.5. The fourth-order valence-corrected chi connectivity index (χ4v) is 5.59. The van der Waals surface area contributed by atoms with Crippen LogP contribution in [0.3, 0.4) is 0 Å². The molecule has 2 saturated heterocycles. The predicted molar refractivity (Wildman–Crippen MR) is 109 cm³/mol. The lowest BCUT2D eigenvalue weighted by Gasteiger charge is -2.38. The number of hydrogen-bond acceptors (Lipinski definition) is 4. The number of halogens is 1. The number of nitrogens with zero attached hydrogens (tertiary/aromatic N) is 3. The first kappa shape index (κ1) is 19.3. The first-order valence-electron chi connectivity index (χ1n) is 10.8. The second-order valence-electron chi connectivity index (χ2n) is 8.76. The SMILES string of the molecule is O=C(CCN1C(=O)[C@@H]2[C@H](C1=O)[C@H]1C=C[C@H]2CC1)N1CCN(c2ccc(F)cc2)CC1. The summed E-state index contributed by atoms with van der Waals surface area (Å²) in [5.41, 5.74) is 0.947. The van der Waals surface area contributed by atoms with Crippen LogP contribution < -0.4 is 4.90 Å². The van der Waals surface area contributed by atoms with Gasteiger partial charge in [-0.05, 0) is 48.9 Å². The minimum atomic E-state index is -0.262. The van der Waals surface area contributed by atoms with Crippen molar-refractivity contribution in [2.24, 2.45) is 23.7 Å². The molecule has 2 aliphatic heterocycles. The summed E-state index contributed by atoms with van der Waals surface area (Å²) in [6, 6.07) is 6.38. The molecular weight excluding hydrogens is 385 g/mol. The highest BCUT2D eigenvalue weighted by molar-refractivity contribution is 6.06. The van der Waals surface area contributed by atoms with Gasteiger partial charge in [0.05, 0.1) is 11.8 Å². The van der Waals surface area contributed by atoms with Crippen LogP contribution in [0.1, 0.15) is 19.3 Å². The molecule has 2 bridgehead atoms. The number of piperazine rings is 1. The van der Waals surface area contributed by atoms with Crippen molar-refractivity contribution in [3.05, 3.63) is 42.2 Å². The van der Waals surface area contributed by atoms with Crippen LogP contribution in [0.5, 0.6) is 0 Å². The van der Waals surface area contributed by atoms with Crippen LogP contribution in [-0.2, 0) is 14.4 Å². The van der Waals surface area contributed by atoms with Gasteiger partial charge in [-0.2, -0.15) is 0 Å². The smallest absolute Gasteiger partial charge is 0.233 e. The Hall–Kier alpha value is -2.70. The monoisotopic (exact) mass is 411 g/mol. The maximum Gasteiger partial charge on any atom is 0.233 e. The number of carbonyl (C=O) groups excluding carboxylic acids is 3. The van der Waals surface area contributed by atoms with Gasteiger partial charge in [-0.15, -0.1) is 0 Å². The maximum absolute atomic E-state index is 13.1. The molecule has 4 atom stereocenters. The van der Waals surface area contributed by atoms with Gasteiger partial charge in [0, 0.05) is 44.8 Å². The second-order valence-corrected chi connectivity index (χ2v) is 8.76. The lowest BCUT2D eigenvalue weighted by atomic mass is 9.63. The van der Waals surface area contributed by atoms with Crippen molar-refractivity contribution in [3.8, 4) is 0 Å². The van der Waals surface area contributed by atoms with E-state index in [1.807, 2.05) is 0 Å². The van der Waals surface area contributed by atoms with Gasteiger partial charge < -0.3 is 9.80 Å². The third-order valence-corrected chi connectivity index (χ3v) is 7.22. The van der Waals surface area contributed by atoms with Gasteiger partial charge in [0.25, 0.3) is 0 Å². The van der Waals surface area contributed by atoms with Crippen molar-refractivity contribution in [1.29, 1.82) is 0 Å². The van der Waals surface area contributed by atoms with Crippen molar-refractivity contribution in [3.63, 3.8) is 0 Å². The molecule has 0 N–H and O–H groups in total. The van der Waals surface area contributed by atoms with Crippen LogP contribution in [0.25, 0.3) is 0 Å². The van der Waals surface area contributed by atoms with Crippen molar-refractivity contribution in [1.82, 2.24) is 9.80 Å². The van der Waals surface area contributed by atoms with Crippen LogP contribution in [0, 0.1) is 29.5 Å². The zero-order chi connectivity index (χ0) is 20.8. The minimum absolute atomic E-state index is 0.0228. The Morgan fingerprint density at radius 1 is 0.900 bits per heavy atom. The van der Waals surface area contributed by atoms with E-state index < -0.39 is 0 Å². The summed E-state index contributed by atoms with van der Waals surface area (Å²) in [6.45, 7) is 2.70. The molecule has 0 spiro atoms. The fraction of sp³-hybridized carbons (Fsp3) is 0.522. The molecule has 1 saturated carbocycles. The molecule has 1 aromatic carbocycles. The van der Waals surface area contributed by atoms with Crippen molar-refractivity contribution in [2.75, 3.05) is 37.6 Å². The quantitative estimate of drug-likeness (QED) is 0.562. The largest absolute Gasteiger partial charge is 0.368 e. The number of imide groups is 1. The number of anilines is 1. The third-order valence-electron chi connectivity index (χ3n) is 7.22. The number of allylic oxidation sites excluding steroid dienone is 2. The summed E-state index contributed by atoms with van der Waals surface area (Å²) in [5, 5.41) is 0. The minimum Gasteiger partial charge on any atom is -0.368 e. The van der Waals surface area contributed by atoms with Gasteiger partial charge in [0.2, 0.25) is 17.7 Å². The van der Waals surface area contributed by atoms with E-state index in [1.54, 1.807) is 17.0 Å². The Labute approximate surface area is 175 Å². The standard InChI is InChI=1S/C23H26FN3O3/c24-17-5-7-18(8-6-17)25-11-13-26(14-12-25)19(28)9-10-27-22(29)20-15-1-2-16(4-3-15)21(20)23(27)30/h1-2,5-8,15-16,20-21H,3-4,9-14H2/t15-,16-,20-,21+/m0/s1. The molecule has 0 radical (unpaired) electrons. The van der Waals surface area contributed by atoms with E-state index in [9.17, 15) is 18.8 Å². The molecule has 2 heterocycles. The molecule has 0 aromatic heterocycles. The molecule has 3 amide bonds. The number of likely N-dealkylation sites (tertiary alicyclic amines) is 1. The first-order valence-corrected chi connectivity index (χ1v) is 10.8. The highest BCUT2D eigenvalue weighted by Gasteiger charge is 2.56. The second kappa shape index (κ2) is 7.52. The molecule has 158 valence electrons. The van der Waals surface area contributed by atoms with Gasteiger partial charge in [-0.25, -0.2) is 4.39 Å². The van der Waals surface area contributed by atoms with Gasteiger partial charge in [-0.1, -0.05) is 12.2 Å². The number of fused-ring (bicyclic) bond motifs is 1. The molecule has 5 aliphatic rings. The van der Waals surface area contributed by atoms with Crippen LogP contribution in [0.15, 0.2) is 36.4 Å². The molecule has 1 aromatic rings. The number of amides is 3. The van der Waals surface area contributed by atoms with Gasteiger partial charge in [0.1, 0.15) is 5.82 Å². The zero-order valence-corrected chi connectivity index (χ0v) is 16.9. The molecular formula is C23H26FN3O3.